The standard InChI is InChI=1S/C13H13FN2O2/c1-9-8-16-12(18-9)6-7-15-13(17)10-2-4-11(14)5-3-10/h2-5,8H,6-7H2,1H3,(H,15,17). The molecule has 0 saturated carbocycles. The van der Waals surface area contributed by atoms with Crippen molar-refractivity contribution >= 4 is 5.91 Å². The van der Waals surface area contributed by atoms with Crippen LogP contribution in [-0.4, -0.2) is 17.4 Å². The van der Waals surface area contributed by atoms with Crippen LogP contribution in [0.15, 0.2) is 34.9 Å². The molecule has 1 heterocycles. The third-order valence-corrected chi connectivity index (χ3v) is 2.40. The van der Waals surface area contributed by atoms with E-state index in [4.69, 9.17) is 4.42 Å². The molecule has 2 rings (SSSR count). The van der Waals surface area contributed by atoms with Crippen LogP contribution in [0.2, 0.25) is 0 Å². The number of hydrogen-bond donors (Lipinski definition) is 1. The van der Waals surface area contributed by atoms with Gasteiger partial charge in [0.1, 0.15) is 11.6 Å². The number of carbonyl (C=O) groups is 1. The summed E-state index contributed by atoms with van der Waals surface area (Å²) in [5, 5.41) is 2.71. The fourth-order valence-electron chi connectivity index (χ4n) is 1.50. The zero-order valence-corrected chi connectivity index (χ0v) is 9.94. The number of hydrogen-bond acceptors (Lipinski definition) is 3. The summed E-state index contributed by atoms with van der Waals surface area (Å²) in [6.07, 6.45) is 2.16. The number of halogens is 1. The van der Waals surface area contributed by atoms with Crippen LogP contribution in [0, 0.1) is 12.7 Å². The summed E-state index contributed by atoms with van der Waals surface area (Å²) in [5.41, 5.74) is 0.431. The van der Waals surface area contributed by atoms with Crippen molar-refractivity contribution < 1.29 is 13.6 Å². The lowest BCUT2D eigenvalue weighted by Gasteiger charge is -2.03. The SMILES string of the molecule is Cc1cnc(CCNC(=O)c2ccc(F)cc2)o1. The molecule has 5 heteroatoms. The van der Waals surface area contributed by atoms with Crippen molar-refractivity contribution in [3.63, 3.8) is 0 Å². The molecule has 1 N–H and O–H groups in total. The molecule has 0 aliphatic rings. The van der Waals surface area contributed by atoms with Gasteiger partial charge in [0.25, 0.3) is 5.91 Å². The van der Waals surface area contributed by atoms with Crippen molar-refractivity contribution in [2.45, 2.75) is 13.3 Å². The minimum Gasteiger partial charge on any atom is -0.446 e. The quantitative estimate of drug-likeness (QED) is 0.901. The maximum atomic E-state index is 12.7. The van der Waals surface area contributed by atoms with E-state index in [1.807, 2.05) is 6.92 Å². The Morgan fingerprint density at radius 3 is 2.72 bits per heavy atom. The molecule has 0 fully saturated rings. The molecule has 0 saturated heterocycles. The van der Waals surface area contributed by atoms with E-state index in [1.165, 1.54) is 24.3 Å². The summed E-state index contributed by atoms with van der Waals surface area (Å²) < 4.78 is 17.9. The molecule has 0 atom stereocenters. The molecule has 0 spiro atoms. The first kappa shape index (κ1) is 12.3. The summed E-state index contributed by atoms with van der Waals surface area (Å²) >= 11 is 0. The van der Waals surface area contributed by atoms with Gasteiger partial charge in [-0.05, 0) is 31.2 Å². The topological polar surface area (TPSA) is 55.1 Å². The van der Waals surface area contributed by atoms with Crippen LogP contribution in [0.5, 0.6) is 0 Å². The Labute approximate surface area is 104 Å². The number of benzene rings is 1. The van der Waals surface area contributed by atoms with Gasteiger partial charge in [0, 0.05) is 18.5 Å². The number of oxazole rings is 1. The lowest BCUT2D eigenvalue weighted by molar-refractivity contribution is 0.0953. The van der Waals surface area contributed by atoms with E-state index in [2.05, 4.69) is 10.3 Å². The third kappa shape index (κ3) is 3.16. The summed E-state index contributed by atoms with van der Waals surface area (Å²) in [7, 11) is 0. The highest BCUT2D eigenvalue weighted by atomic mass is 19.1. The smallest absolute Gasteiger partial charge is 0.251 e. The molecular formula is C13H13FN2O2. The summed E-state index contributed by atoms with van der Waals surface area (Å²) in [5.74, 6) is 0.738. The monoisotopic (exact) mass is 248 g/mol. The molecule has 0 aliphatic heterocycles. The Bertz CT molecular complexity index is 534. The van der Waals surface area contributed by atoms with Gasteiger partial charge in [-0.1, -0.05) is 0 Å². The van der Waals surface area contributed by atoms with Gasteiger partial charge >= 0.3 is 0 Å². The molecule has 1 amide bonds. The first-order valence-electron chi connectivity index (χ1n) is 5.60. The van der Waals surface area contributed by atoms with E-state index in [9.17, 15) is 9.18 Å². The van der Waals surface area contributed by atoms with Gasteiger partial charge in [0.15, 0.2) is 5.89 Å². The van der Waals surface area contributed by atoms with Gasteiger partial charge in [-0.3, -0.25) is 4.79 Å². The van der Waals surface area contributed by atoms with Gasteiger partial charge in [0.2, 0.25) is 0 Å². The van der Waals surface area contributed by atoms with Crippen molar-refractivity contribution in [3.05, 3.63) is 53.5 Å². The first-order valence-corrected chi connectivity index (χ1v) is 5.60. The Balaban J connectivity index is 1.83. The van der Waals surface area contributed by atoms with E-state index in [0.29, 0.717) is 24.4 Å². The lowest BCUT2D eigenvalue weighted by atomic mass is 10.2. The van der Waals surface area contributed by atoms with Crippen molar-refractivity contribution in [2.75, 3.05) is 6.54 Å². The van der Waals surface area contributed by atoms with Gasteiger partial charge in [0.05, 0.1) is 6.20 Å². The third-order valence-electron chi connectivity index (χ3n) is 2.40. The average Bonchev–Trinajstić information content (AvgIpc) is 2.76. The molecule has 0 bridgehead atoms. The fraction of sp³-hybridized carbons (Fsp3) is 0.231. The number of carbonyl (C=O) groups excluding carboxylic acids is 1. The number of amides is 1. The number of nitrogens with one attached hydrogen (secondary N) is 1. The highest BCUT2D eigenvalue weighted by Gasteiger charge is 2.06. The van der Waals surface area contributed by atoms with E-state index >= 15 is 0 Å². The largest absolute Gasteiger partial charge is 0.446 e. The molecule has 1 aromatic carbocycles. The second-order valence-electron chi connectivity index (χ2n) is 3.88. The highest BCUT2D eigenvalue weighted by molar-refractivity contribution is 5.94. The Morgan fingerprint density at radius 1 is 1.39 bits per heavy atom. The molecule has 0 radical (unpaired) electrons. The summed E-state index contributed by atoms with van der Waals surface area (Å²) in [4.78, 5) is 15.7. The number of rotatable bonds is 4. The molecule has 1 aromatic heterocycles. The maximum absolute atomic E-state index is 12.7. The predicted octanol–water partition coefficient (Wildman–Crippen LogP) is 2.09. The van der Waals surface area contributed by atoms with E-state index < -0.39 is 0 Å². The Morgan fingerprint density at radius 2 is 2.11 bits per heavy atom. The van der Waals surface area contributed by atoms with Crippen LogP contribution >= 0.6 is 0 Å². The first-order chi connectivity index (χ1) is 8.65. The molecule has 0 unspecified atom stereocenters. The number of nitrogens with zero attached hydrogens (tertiary/aromatic N) is 1. The second kappa shape index (κ2) is 5.44. The van der Waals surface area contributed by atoms with Crippen molar-refractivity contribution in [2.24, 2.45) is 0 Å². The van der Waals surface area contributed by atoms with Crippen LogP contribution in [0.1, 0.15) is 22.0 Å². The van der Waals surface area contributed by atoms with Crippen molar-refractivity contribution in [3.8, 4) is 0 Å². The molecule has 2 aromatic rings. The van der Waals surface area contributed by atoms with Gasteiger partial charge in [-0.15, -0.1) is 0 Å². The Kier molecular flexibility index (Phi) is 3.72. The number of aromatic nitrogens is 1. The molecular weight excluding hydrogens is 235 g/mol. The zero-order chi connectivity index (χ0) is 13.0. The normalized spacial score (nSPS) is 10.3. The Hall–Kier alpha value is -2.17. The second-order valence-corrected chi connectivity index (χ2v) is 3.88. The summed E-state index contributed by atoms with van der Waals surface area (Å²) in [6, 6.07) is 5.40. The van der Waals surface area contributed by atoms with E-state index in [-0.39, 0.29) is 11.7 Å². The van der Waals surface area contributed by atoms with Crippen LogP contribution < -0.4 is 5.32 Å². The minimum absolute atomic E-state index is 0.238. The van der Waals surface area contributed by atoms with E-state index in [0.717, 1.165) is 5.76 Å². The van der Waals surface area contributed by atoms with Crippen LogP contribution in [0.25, 0.3) is 0 Å². The van der Waals surface area contributed by atoms with Crippen molar-refractivity contribution in [1.82, 2.24) is 10.3 Å². The molecule has 4 nitrogen and oxygen atoms in total. The molecule has 0 aliphatic carbocycles. The van der Waals surface area contributed by atoms with Crippen LogP contribution in [-0.2, 0) is 6.42 Å². The zero-order valence-electron chi connectivity index (χ0n) is 9.94. The van der Waals surface area contributed by atoms with Crippen molar-refractivity contribution in [1.29, 1.82) is 0 Å². The van der Waals surface area contributed by atoms with Gasteiger partial charge < -0.3 is 9.73 Å². The van der Waals surface area contributed by atoms with Crippen LogP contribution in [0.4, 0.5) is 4.39 Å². The minimum atomic E-state index is -0.359. The van der Waals surface area contributed by atoms with Crippen LogP contribution in [0.3, 0.4) is 0 Å². The maximum Gasteiger partial charge on any atom is 0.251 e. The van der Waals surface area contributed by atoms with Gasteiger partial charge in [-0.2, -0.15) is 0 Å². The summed E-state index contributed by atoms with van der Waals surface area (Å²) in [6.45, 7) is 2.24. The highest BCUT2D eigenvalue weighted by Crippen LogP contribution is 2.03. The number of aryl methyl sites for hydroxylation is 1. The molecule has 18 heavy (non-hydrogen) atoms. The lowest BCUT2D eigenvalue weighted by Crippen LogP contribution is -2.25. The fourth-order valence-corrected chi connectivity index (χ4v) is 1.50. The van der Waals surface area contributed by atoms with Gasteiger partial charge in [-0.25, -0.2) is 9.37 Å². The molecule has 94 valence electrons. The predicted molar refractivity (Wildman–Crippen MR) is 63.7 cm³/mol. The average molecular weight is 248 g/mol. The van der Waals surface area contributed by atoms with E-state index in [1.54, 1.807) is 6.20 Å².